The summed E-state index contributed by atoms with van der Waals surface area (Å²) in [5.41, 5.74) is 3.95. The third-order valence-electron chi connectivity index (χ3n) is 5.40. The van der Waals surface area contributed by atoms with Crippen LogP contribution in [0.1, 0.15) is 36.2 Å². The number of hydrogen-bond acceptors (Lipinski definition) is 4. The highest BCUT2D eigenvalue weighted by Gasteiger charge is 2.33. The summed E-state index contributed by atoms with van der Waals surface area (Å²) in [6, 6.07) is 0.132. The highest BCUT2D eigenvalue weighted by molar-refractivity contribution is 6.30. The maximum Gasteiger partial charge on any atom is 0.0785 e. The highest BCUT2D eigenvalue weighted by atomic mass is 35.5. The molecule has 0 amide bonds. The predicted octanol–water partition coefficient (Wildman–Crippen LogP) is 1.69. The molecule has 2 aliphatic rings. The van der Waals surface area contributed by atoms with Crippen LogP contribution in [0.15, 0.2) is 12.4 Å². The summed E-state index contributed by atoms with van der Waals surface area (Å²) in [6.07, 6.45) is 8.41. The number of nitrogens with one attached hydrogen (secondary N) is 1. The Kier molecular flexibility index (Phi) is 4.37. The molecule has 1 saturated carbocycles. The Bertz CT molecular complexity index is 725. The Labute approximate surface area is 146 Å². The van der Waals surface area contributed by atoms with Gasteiger partial charge in [0.05, 0.1) is 28.7 Å². The summed E-state index contributed by atoms with van der Waals surface area (Å²) in [4.78, 5) is 0. The van der Waals surface area contributed by atoms with Crippen LogP contribution in [0, 0.1) is 5.92 Å². The van der Waals surface area contributed by atoms with Crippen LogP contribution in [0.2, 0.25) is 5.02 Å². The predicted molar refractivity (Wildman–Crippen MR) is 91.8 cm³/mol. The fourth-order valence-corrected chi connectivity index (χ4v) is 4.38. The van der Waals surface area contributed by atoms with E-state index in [0.717, 1.165) is 38.8 Å². The van der Waals surface area contributed by atoms with Crippen molar-refractivity contribution in [1.29, 1.82) is 0 Å². The second kappa shape index (κ2) is 6.50. The zero-order chi connectivity index (χ0) is 16.7. The molecular formula is C17H24ClN5O. The standard InChI is InChI=1S/C17H24ClN5O/c1-22-16(13-3-2-4-14(13)21-22)8-19-15-5-11(6-17(15)24)9-23-10-12(18)7-20-23/h7,10-11,15,17,19,24H,2-6,8-9H2,1H3/t11?,15-,17-/m1/s1. The quantitative estimate of drug-likeness (QED) is 0.862. The van der Waals surface area contributed by atoms with Crippen LogP contribution in [0.25, 0.3) is 0 Å². The van der Waals surface area contributed by atoms with Gasteiger partial charge in [0.25, 0.3) is 0 Å². The van der Waals surface area contributed by atoms with Gasteiger partial charge in [-0.2, -0.15) is 10.2 Å². The molecule has 0 aliphatic heterocycles. The topological polar surface area (TPSA) is 67.9 Å². The van der Waals surface area contributed by atoms with Gasteiger partial charge < -0.3 is 10.4 Å². The van der Waals surface area contributed by atoms with Gasteiger partial charge in [0.2, 0.25) is 0 Å². The number of rotatable bonds is 5. The van der Waals surface area contributed by atoms with Gasteiger partial charge in [0.1, 0.15) is 0 Å². The first-order chi connectivity index (χ1) is 11.6. The molecule has 3 atom stereocenters. The lowest BCUT2D eigenvalue weighted by Gasteiger charge is -2.17. The largest absolute Gasteiger partial charge is 0.391 e. The minimum atomic E-state index is -0.303. The molecule has 0 bridgehead atoms. The summed E-state index contributed by atoms with van der Waals surface area (Å²) in [5.74, 6) is 0.422. The fraction of sp³-hybridized carbons (Fsp3) is 0.647. The maximum atomic E-state index is 10.4. The number of aliphatic hydroxyl groups is 1. The van der Waals surface area contributed by atoms with Crippen LogP contribution in [0.4, 0.5) is 0 Å². The van der Waals surface area contributed by atoms with Gasteiger partial charge in [-0.15, -0.1) is 0 Å². The number of aliphatic hydroxyl groups excluding tert-OH is 1. The van der Waals surface area contributed by atoms with Crippen LogP contribution < -0.4 is 5.32 Å². The lowest BCUT2D eigenvalue weighted by Crippen LogP contribution is -2.35. The highest BCUT2D eigenvalue weighted by Crippen LogP contribution is 2.29. The van der Waals surface area contributed by atoms with Crippen LogP contribution >= 0.6 is 11.6 Å². The van der Waals surface area contributed by atoms with Crippen molar-refractivity contribution in [3.8, 4) is 0 Å². The summed E-state index contributed by atoms with van der Waals surface area (Å²) in [5, 5.41) is 23.5. The average molecular weight is 350 g/mol. The van der Waals surface area contributed by atoms with E-state index in [4.69, 9.17) is 11.6 Å². The first-order valence-electron chi connectivity index (χ1n) is 8.73. The number of fused-ring (bicyclic) bond motifs is 1. The van der Waals surface area contributed by atoms with Gasteiger partial charge in [-0.1, -0.05) is 11.6 Å². The van der Waals surface area contributed by atoms with E-state index in [1.807, 2.05) is 22.6 Å². The molecule has 0 saturated heterocycles. The molecule has 1 fully saturated rings. The van der Waals surface area contributed by atoms with Crippen LogP contribution in [-0.4, -0.2) is 36.8 Å². The number of hydrogen-bond donors (Lipinski definition) is 2. The average Bonchev–Trinajstić information content (AvgIpc) is 3.26. The fourth-order valence-electron chi connectivity index (χ4n) is 4.22. The molecule has 7 heteroatoms. The Morgan fingerprint density at radius 2 is 2.25 bits per heavy atom. The summed E-state index contributed by atoms with van der Waals surface area (Å²) < 4.78 is 3.87. The molecule has 130 valence electrons. The Morgan fingerprint density at radius 3 is 3.04 bits per heavy atom. The van der Waals surface area contributed by atoms with Crippen molar-refractivity contribution in [2.24, 2.45) is 13.0 Å². The maximum absolute atomic E-state index is 10.4. The van der Waals surface area contributed by atoms with E-state index in [2.05, 4.69) is 15.5 Å². The van der Waals surface area contributed by atoms with Crippen LogP contribution in [0.3, 0.4) is 0 Å². The monoisotopic (exact) mass is 349 g/mol. The lowest BCUT2D eigenvalue weighted by atomic mass is 10.1. The van der Waals surface area contributed by atoms with Crippen molar-refractivity contribution < 1.29 is 5.11 Å². The van der Waals surface area contributed by atoms with E-state index in [-0.39, 0.29) is 12.1 Å². The molecule has 2 aromatic rings. The molecule has 2 aliphatic carbocycles. The third-order valence-corrected chi connectivity index (χ3v) is 5.60. The van der Waals surface area contributed by atoms with Crippen LogP contribution in [0.5, 0.6) is 0 Å². The number of aromatic nitrogens is 4. The molecule has 24 heavy (non-hydrogen) atoms. The summed E-state index contributed by atoms with van der Waals surface area (Å²) in [7, 11) is 2.02. The molecule has 0 radical (unpaired) electrons. The van der Waals surface area contributed by atoms with Gasteiger partial charge in [-0.05, 0) is 43.6 Å². The second-order valence-corrected chi connectivity index (χ2v) is 7.56. The van der Waals surface area contributed by atoms with E-state index in [9.17, 15) is 5.11 Å². The smallest absolute Gasteiger partial charge is 0.0785 e. The number of aryl methyl sites for hydroxylation is 2. The van der Waals surface area contributed by atoms with Crippen molar-refractivity contribution in [3.05, 3.63) is 34.4 Å². The molecule has 2 N–H and O–H groups in total. The van der Waals surface area contributed by atoms with E-state index in [1.54, 1.807) is 6.20 Å². The normalized spacial score (nSPS) is 26.2. The Balaban J connectivity index is 1.35. The zero-order valence-electron chi connectivity index (χ0n) is 14.0. The van der Waals surface area contributed by atoms with E-state index in [0.29, 0.717) is 10.9 Å². The van der Waals surface area contributed by atoms with Gasteiger partial charge in [0, 0.05) is 32.4 Å². The van der Waals surface area contributed by atoms with Crippen LogP contribution in [-0.2, 0) is 33.0 Å². The van der Waals surface area contributed by atoms with Gasteiger partial charge in [-0.3, -0.25) is 9.36 Å². The van der Waals surface area contributed by atoms with E-state index in [1.165, 1.54) is 23.4 Å². The Morgan fingerprint density at radius 1 is 1.38 bits per heavy atom. The number of nitrogens with zero attached hydrogens (tertiary/aromatic N) is 4. The van der Waals surface area contributed by atoms with Crippen molar-refractivity contribution >= 4 is 11.6 Å². The molecule has 2 aromatic heterocycles. The molecule has 0 aromatic carbocycles. The molecule has 1 unspecified atom stereocenters. The van der Waals surface area contributed by atoms with Crippen molar-refractivity contribution in [1.82, 2.24) is 24.9 Å². The minimum absolute atomic E-state index is 0.132. The molecule has 4 rings (SSSR count). The lowest BCUT2D eigenvalue weighted by molar-refractivity contribution is 0.145. The molecule has 0 spiro atoms. The van der Waals surface area contributed by atoms with Gasteiger partial charge >= 0.3 is 0 Å². The molecule has 6 nitrogen and oxygen atoms in total. The zero-order valence-corrected chi connectivity index (χ0v) is 14.7. The first-order valence-corrected chi connectivity index (χ1v) is 9.11. The van der Waals surface area contributed by atoms with Gasteiger partial charge in [-0.25, -0.2) is 0 Å². The Hall–Kier alpha value is -1.37. The van der Waals surface area contributed by atoms with Crippen molar-refractivity contribution in [3.63, 3.8) is 0 Å². The third kappa shape index (κ3) is 3.10. The van der Waals surface area contributed by atoms with Crippen molar-refractivity contribution in [2.45, 2.75) is 57.3 Å². The summed E-state index contributed by atoms with van der Waals surface area (Å²) in [6.45, 7) is 1.59. The van der Waals surface area contributed by atoms with E-state index >= 15 is 0 Å². The van der Waals surface area contributed by atoms with Gasteiger partial charge in [0.15, 0.2) is 0 Å². The number of halogens is 1. The molecular weight excluding hydrogens is 326 g/mol. The second-order valence-electron chi connectivity index (χ2n) is 7.12. The molecule has 2 heterocycles. The summed E-state index contributed by atoms with van der Waals surface area (Å²) >= 11 is 5.92. The minimum Gasteiger partial charge on any atom is -0.391 e. The van der Waals surface area contributed by atoms with Crippen molar-refractivity contribution in [2.75, 3.05) is 0 Å². The first kappa shape index (κ1) is 16.1. The van der Waals surface area contributed by atoms with E-state index < -0.39 is 0 Å². The SMILES string of the molecule is Cn1nc2c(c1CN[C@@H]1CC(Cn3cc(Cl)cn3)C[C@H]1O)CCC2.